The van der Waals surface area contributed by atoms with Gasteiger partial charge in [-0.25, -0.2) is 4.79 Å². The fraction of sp³-hybridized carbons (Fsp3) is 0.393. The predicted molar refractivity (Wildman–Crippen MR) is 133 cm³/mol. The van der Waals surface area contributed by atoms with Crippen molar-refractivity contribution in [1.82, 2.24) is 10.2 Å². The van der Waals surface area contributed by atoms with Crippen LogP contribution in [0.1, 0.15) is 43.7 Å². The fourth-order valence-corrected chi connectivity index (χ4v) is 5.00. The van der Waals surface area contributed by atoms with Crippen LogP contribution in [0.15, 0.2) is 60.7 Å². The Morgan fingerprint density at radius 3 is 2.34 bits per heavy atom. The van der Waals surface area contributed by atoms with Crippen molar-refractivity contribution in [2.75, 3.05) is 26.2 Å². The highest BCUT2D eigenvalue weighted by Gasteiger charge is 2.39. The van der Waals surface area contributed by atoms with Crippen molar-refractivity contribution in [1.29, 1.82) is 0 Å². The van der Waals surface area contributed by atoms with Gasteiger partial charge in [0.2, 0.25) is 5.91 Å². The third-order valence-electron chi connectivity index (χ3n) is 7.27. The van der Waals surface area contributed by atoms with Gasteiger partial charge in [-0.05, 0) is 54.9 Å². The monoisotopic (exact) mass is 476 g/mol. The predicted octanol–water partition coefficient (Wildman–Crippen LogP) is 4.43. The first-order chi connectivity index (χ1) is 16.8. The number of hydrogen-bond donors (Lipinski definition) is 2. The van der Waals surface area contributed by atoms with Crippen LogP contribution in [0.4, 0.5) is 4.79 Å². The summed E-state index contributed by atoms with van der Waals surface area (Å²) in [4.78, 5) is 38.1. The van der Waals surface area contributed by atoms with Gasteiger partial charge in [0.1, 0.15) is 6.61 Å². The van der Waals surface area contributed by atoms with Crippen molar-refractivity contribution < 1.29 is 24.2 Å². The van der Waals surface area contributed by atoms with E-state index in [2.05, 4.69) is 29.6 Å². The first kappa shape index (κ1) is 24.5. The van der Waals surface area contributed by atoms with Crippen LogP contribution in [0, 0.1) is 11.3 Å². The summed E-state index contributed by atoms with van der Waals surface area (Å²) in [5, 5.41) is 12.1. The zero-order valence-electron chi connectivity index (χ0n) is 20.2. The molecule has 1 unspecified atom stereocenters. The average molecular weight is 477 g/mol. The fourth-order valence-electron chi connectivity index (χ4n) is 5.00. The molecule has 1 atom stereocenters. The lowest BCUT2D eigenvalue weighted by atomic mass is 9.74. The van der Waals surface area contributed by atoms with Gasteiger partial charge in [0, 0.05) is 31.6 Å². The number of hydrogen-bond acceptors (Lipinski definition) is 4. The van der Waals surface area contributed by atoms with Crippen molar-refractivity contribution in [3.8, 4) is 11.1 Å². The summed E-state index contributed by atoms with van der Waals surface area (Å²) in [6.45, 7) is 4.85. The largest absolute Gasteiger partial charge is 0.481 e. The second-order valence-electron chi connectivity index (χ2n) is 9.76. The normalized spacial score (nSPS) is 17.7. The number of amides is 2. The molecular weight excluding hydrogens is 444 g/mol. The minimum atomic E-state index is -0.881. The van der Waals surface area contributed by atoms with Gasteiger partial charge in [-0.2, -0.15) is 0 Å². The van der Waals surface area contributed by atoms with Crippen molar-refractivity contribution in [2.24, 2.45) is 11.3 Å². The molecule has 184 valence electrons. The van der Waals surface area contributed by atoms with Crippen molar-refractivity contribution >= 4 is 18.0 Å². The number of likely N-dealkylation sites (tertiary alicyclic amines) is 1. The van der Waals surface area contributed by atoms with E-state index in [1.165, 1.54) is 17.2 Å². The van der Waals surface area contributed by atoms with Gasteiger partial charge in [0.05, 0.1) is 5.41 Å². The number of carbonyl (C=O) groups is 3. The van der Waals surface area contributed by atoms with Gasteiger partial charge < -0.3 is 20.1 Å². The molecule has 1 saturated heterocycles. The lowest BCUT2D eigenvalue weighted by Gasteiger charge is -2.38. The van der Waals surface area contributed by atoms with E-state index in [0.29, 0.717) is 13.1 Å². The number of alkyl carbamates (subject to hydrolysis) is 1. The van der Waals surface area contributed by atoms with Gasteiger partial charge in [-0.1, -0.05) is 54.6 Å². The van der Waals surface area contributed by atoms with Crippen molar-refractivity contribution in [2.45, 2.75) is 32.6 Å². The number of carboxylic acid groups (broad SMARTS) is 1. The molecule has 2 aliphatic rings. The number of rotatable bonds is 7. The molecule has 1 aliphatic carbocycles. The SMILES string of the molecule is CC(C)(C(=O)O)C1CCCN(C(=O)/C=C/CNC(=O)OCC2c3ccccc3-c3ccccc32)C1. The molecule has 2 aromatic rings. The Morgan fingerprint density at radius 1 is 1.09 bits per heavy atom. The highest BCUT2D eigenvalue weighted by atomic mass is 16.5. The van der Waals surface area contributed by atoms with Gasteiger partial charge >= 0.3 is 12.1 Å². The Morgan fingerprint density at radius 2 is 1.71 bits per heavy atom. The standard InChI is InChI=1S/C28H32N2O5/c1-28(2,26(32)33)19-9-8-16-30(17-19)25(31)14-7-15-29-27(34)35-18-24-22-12-5-3-10-20(22)21-11-4-6-13-23(21)24/h3-7,10-14,19,24H,8-9,15-18H2,1-2H3,(H,29,34)(H,32,33)/b14-7+. The number of benzene rings is 2. The number of nitrogens with zero attached hydrogens (tertiary/aromatic N) is 1. The molecule has 7 nitrogen and oxygen atoms in total. The summed E-state index contributed by atoms with van der Waals surface area (Å²) in [7, 11) is 0. The zero-order valence-corrected chi connectivity index (χ0v) is 20.2. The summed E-state index contributed by atoms with van der Waals surface area (Å²) < 4.78 is 5.50. The second kappa shape index (κ2) is 10.3. The van der Waals surface area contributed by atoms with E-state index in [-0.39, 0.29) is 30.9 Å². The van der Waals surface area contributed by atoms with Crippen LogP contribution < -0.4 is 5.32 Å². The van der Waals surface area contributed by atoms with Gasteiger partial charge in [0.25, 0.3) is 0 Å². The Bertz CT molecular complexity index is 1090. The molecule has 7 heteroatoms. The second-order valence-corrected chi connectivity index (χ2v) is 9.76. The van der Waals surface area contributed by atoms with Crippen LogP contribution in [0.2, 0.25) is 0 Å². The summed E-state index contributed by atoms with van der Waals surface area (Å²) in [5.41, 5.74) is 3.76. The lowest BCUT2D eigenvalue weighted by Crippen LogP contribution is -2.46. The maximum Gasteiger partial charge on any atom is 0.407 e. The van der Waals surface area contributed by atoms with Gasteiger partial charge in [-0.3, -0.25) is 9.59 Å². The number of piperidine rings is 1. The smallest absolute Gasteiger partial charge is 0.407 e. The molecule has 2 N–H and O–H groups in total. The van der Waals surface area contributed by atoms with Crippen LogP contribution in [-0.4, -0.2) is 54.2 Å². The quantitative estimate of drug-likeness (QED) is 0.577. The molecule has 0 saturated carbocycles. The van der Waals surface area contributed by atoms with Crippen LogP contribution in [0.25, 0.3) is 11.1 Å². The Balaban J connectivity index is 1.25. The van der Waals surface area contributed by atoms with Crippen LogP contribution in [0.3, 0.4) is 0 Å². The first-order valence-corrected chi connectivity index (χ1v) is 12.1. The number of fused-ring (bicyclic) bond motifs is 3. The van der Waals surface area contributed by atoms with Gasteiger partial charge in [-0.15, -0.1) is 0 Å². The third kappa shape index (κ3) is 5.24. The molecule has 0 spiro atoms. The molecule has 2 amide bonds. The number of nitrogens with one attached hydrogen (secondary N) is 1. The van der Waals surface area contributed by atoms with E-state index in [1.54, 1.807) is 24.8 Å². The molecule has 0 bridgehead atoms. The van der Waals surface area contributed by atoms with Gasteiger partial charge in [0.15, 0.2) is 0 Å². The summed E-state index contributed by atoms with van der Waals surface area (Å²) in [6, 6.07) is 16.3. The maximum absolute atomic E-state index is 12.6. The topological polar surface area (TPSA) is 95.9 Å². The first-order valence-electron chi connectivity index (χ1n) is 12.1. The highest BCUT2D eigenvalue weighted by Crippen LogP contribution is 2.44. The van der Waals surface area contributed by atoms with Crippen molar-refractivity contribution in [3.63, 3.8) is 0 Å². The Kier molecular flexibility index (Phi) is 7.24. The molecule has 2 aromatic carbocycles. The van der Waals surface area contributed by atoms with Crippen LogP contribution >= 0.6 is 0 Å². The summed E-state index contributed by atoms with van der Waals surface area (Å²) in [6.07, 6.45) is 4.05. The lowest BCUT2D eigenvalue weighted by molar-refractivity contribution is -0.152. The number of ether oxygens (including phenoxy) is 1. The third-order valence-corrected chi connectivity index (χ3v) is 7.27. The van der Waals surface area contributed by atoms with E-state index in [0.717, 1.165) is 24.0 Å². The number of carbonyl (C=O) groups excluding carboxylic acids is 2. The molecule has 35 heavy (non-hydrogen) atoms. The summed E-state index contributed by atoms with van der Waals surface area (Å²) in [5.74, 6) is -1.12. The number of carboxylic acids is 1. The van der Waals surface area contributed by atoms with Crippen LogP contribution in [-0.2, 0) is 14.3 Å². The molecule has 0 radical (unpaired) electrons. The van der Waals surface area contributed by atoms with Crippen molar-refractivity contribution in [3.05, 3.63) is 71.8 Å². The molecule has 1 heterocycles. The van der Waals surface area contributed by atoms with E-state index in [1.807, 2.05) is 24.3 Å². The molecule has 1 fully saturated rings. The van der Waals surface area contributed by atoms with E-state index in [9.17, 15) is 19.5 Å². The molecular formula is C28H32N2O5. The van der Waals surface area contributed by atoms with Crippen LogP contribution in [0.5, 0.6) is 0 Å². The minimum absolute atomic E-state index is 0.00706. The Labute approximate surface area is 205 Å². The minimum Gasteiger partial charge on any atom is -0.481 e. The maximum atomic E-state index is 12.6. The van der Waals surface area contributed by atoms with E-state index >= 15 is 0 Å². The van der Waals surface area contributed by atoms with E-state index in [4.69, 9.17) is 4.74 Å². The zero-order chi connectivity index (χ0) is 25.0. The molecule has 4 rings (SSSR count). The Hall–Kier alpha value is -3.61. The highest BCUT2D eigenvalue weighted by molar-refractivity contribution is 5.88. The molecule has 0 aromatic heterocycles. The molecule has 1 aliphatic heterocycles. The van der Waals surface area contributed by atoms with E-state index < -0.39 is 17.5 Å². The number of aliphatic carboxylic acids is 1. The summed E-state index contributed by atoms with van der Waals surface area (Å²) >= 11 is 0. The average Bonchev–Trinajstić information content (AvgIpc) is 3.19.